The van der Waals surface area contributed by atoms with Gasteiger partial charge in [0.1, 0.15) is 23.9 Å². The summed E-state index contributed by atoms with van der Waals surface area (Å²) in [5.74, 6) is -11.2. The van der Waals surface area contributed by atoms with Gasteiger partial charge in [-0.25, -0.2) is 0 Å². The number of carbonyl (C=O) groups excluding carboxylic acids is 11. The predicted molar refractivity (Wildman–Crippen MR) is 323 cm³/mol. The molecule has 8 amide bonds. The van der Waals surface area contributed by atoms with E-state index in [-0.39, 0.29) is 69.1 Å². The number of guanidine groups is 1. The van der Waals surface area contributed by atoms with Crippen LogP contribution < -0.4 is 49.1 Å². The maximum atomic E-state index is 14.3. The van der Waals surface area contributed by atoms with Gasteiger partial charge in [0.15, 0.2) is 23.3 Å². The highest BCUT2D eigenvalue weighted by atomic mass is 16.3. The van der Waals surface area contributed by atoms with Crippen LogP contribution in [0.2, 0.25) is 0 Å². The Labute approximate surface area is 509 Å². The van der Waals surface area contributed by atoms with Gasteiger partial charge < -0.3 is 74.3 Å². The molecule has 0 bridgehead atoms. The van der Waals surface area contributed by atoms with Gasteiger partial charge in [0.25, 0.3) is 0 Å². The van der Waals surface area contributed by atoms with Crippen LogP contribution in [0.25, 0.3) is 10.9 Å². The number of β-amino-alcohol motifs (C(OH)–C–C–N with tert-alkyl or cyclic N) is 1. The van der Waals surface area contributed by atoms with Crippen molar-refractivity contribution in [2.24, 2.45) is 39.9 Å². The number of para-hydroxylation sites is 1. The molecular weight excluding hydrogens is 1140 g/mol. The molecule has 0 unspecified atom stereocenters. The molecule has 1 aliphatic heterocycles. The quantitative estimate of drug-likeness (QED) is 0.0154. The number of primary amides is 2. The average Bonchev–Trinajstić information content (AvgIpc) is 2.76. The summed E-state index contributed by atoms with van der Waals surface area (Å²) >= 11 is 0. The van der Waals surface area contributed by atoms with Crippen molar-refractivity contribution in [3.05, 3.63) is 95.9 Å². The van der Waals surface area contributed by atoms with Gasteiger partial charge in [-0.2, -0.15) is 0 Å². The van der Waals surface area contributed by atoms with Crippen LogP contribution >= 0.6 is 0 Å². The summed E-state index contributed by atoms with van der Waals surface area (Å²) in [5, 5.41) is 48.2. The van der Waals surface area contributed by atoms with E-state index in [0.717, 1.165) is 21.4 Å². The van der Waals surface area contributed by atoms with Crippen LogP contribution in [0.5, 0.6) is 5.75 Å². The van der Waals surface area contributed by atoms with Crippen LogP contribution in [0.3, 0.4) is 0 Å². The number of Topliss-reactive ketones (excluding diaryl/α,β-unsaturated/α-hetero) is 3. The fourth-order valence-corrected chi connectivity index (χ4v) is 10.4. The van der Waals surface area contributed by atoms with Gasteiger partial charge in [-0.1, -0.05) is 50.2 Å². The lowest BCUT2D eigenvalue weighted by molar-refractivity contribution is -0.142. The number of hydrogen-bond acceptors (Lipinski definition) is 16. The number of fused-ring (bicyclic) bond motifs is 1. The van der Waals surface area contributed by atoms with Crippen molar-refractivity contribution in [1.29, 1.82) is 0 Å². The number of aromatic hydroxyl groups is 1. The third-order valence-electron chi connectivity index (χ3n) is 15.1. The van der Waals surface area contributed by atoms with Crippen molar-refractivity contribution < 1.29 is 68.1 Å². The van der Waals surface area contributed by atoms with Crippen LogP contribution in [-0.4, -0.2) is 169 Å². The van der Waals surface area contributed by atoms with Crippen LogP contribution in [0, 0.1) is 17.8 Å². The molecule has 0 radical (unpaired) electrons. The normalized spacial score (nSPS) is 16.8. The number of aliphatic imine (C=N–C) groups is 1. The highest BCUT2D eigenvalue weighted by Gasteiger charge is 2.43. The van der Waals surface area contributed by atoms with E-state index in [9.17, 15) is 68.1 Å². The van der Waals surface area contributed by atoms with Crippen molar-refractivity contribution >= 4 is 81.5 Å². The zero-order valence-corrected chi connectivity index (χ0v) is 50.2. The number of aliphatic hydroxyl groups excluding tert-OH is 2. The summed E-state index contributed by atoms with van der Waals surface area (Å²) in [4.78, 5) is 162. The molecule has 1 saturated heterocycles. The van der Waals surface area contributed by atoms with Crippen LogP contribution in [0.1, 0.15) is 102 Å². The first-order valence-corrected chi connectivity index (χ1v) is 29.2. The molecule has 476 valence electrons. The average molecular weight is 1220 g/mol. The summed E-state index contributed by atoms with van der Waals surface area (Å²) in [7, 11) is 1.50. The Balaban J connectivity index is 1.28. The Hall–Kier alpha value is -9.11. The molecule has 0 aliphatic carbocycles. The minimum atomic E-state index is -1.71. The van der Waals surface area contributed by atoms with Crippen molar-refractivity contribution in [3.63, 3.8) is 0 Å². The third kappa shape index (κ3) is 21.7. The largest absolute Gasteiger partial charge is 0.508 e. The van der Waals surface area contributed by atoms with Gasteiger partial charge in [0.05, 0.1) is 42.7 Å². The topological polar surface area (TPSA) is 443 Å². The van der Waals surface area contributed by atoms with E-state index in [1.165, 1.54) is 51.4 Å². The molecule has 0 saturated carbocycles. The number of nitrogens with two attached hydrogens (primary N) is 3. The number of aromatic amines is 1. The number of amides is 8. The minimum Gasteiger partial charge on any atom is -0.508 e. The highest BCUT2D eigenvalue weighted by molar-refractivity contribution is 6.00. The zero-order chi connectivity index (χ0) is 64.8. The lowest BCUT2D eigenvalue weighted by atomic mass is 9.89. The first-order chi connectivity index (χ1) is 41.7. The van der Waals surface area contributed by atoms with Gasteiger partial charge in [0, 0.05) is 113 Å². The fraction of sp³-hybridized carbons (Fsp3) is 0.492. The van der Waals surface area contributed by atoms with Crippen molar-refractivity contribution in [2.75, 3.05) is 20.1 Å². The Bertz CT molecular complexity index is 3130. The molecule has 10 atom stereocenters. The SMILES string of the molecule is CN=C(N)NCCC[C@H](CC(=O)[C@H](CC(C)C)NC(=O)CCC(=O)[C@H](Cc1ccccn1)NC(=O)[C@@H](CC(=O)[C@H](CC(N)=O)NC(=O)[C@@H]1C[C@@H](O)CN1C(=O)[C@@H](Cc1ccc(O)cc1)NC(C)=O)[C@@H](C)O)C(=O)N[C@@H](Cc1c[nH]c2ccccc12)C(N)=O. The molecule has 27 nitrogen and oxygen atoms in total. The van der Waals surface area contributed by atoms with Gasteiger partial charge in [-0.05, 0) is 73.6 Å². The molecule has 1 aliphatic rings. The molecule has 88 heavy (non-hydrogen) atoms. The monoisotopic (exact) mass is 1220 g/mol. The highest BCUT2D eigenvalue weighted by Crippen LogP contribution is 2.24. The lowest BCUT2D eigenvalue weighted by Gasteiger charge is -2.30. The Morgan fingerprint density at radius 1 is 0.739 bits per heavy atom. The summed E-state index contributed by atoms with van der Waals surface area (Å²) in [6.07, 6.45) is -2.39. The number of phenols is 1. The van der Waals surface area contributed by atoms with Crippen LogP contribution in [0.15, 0.2) is 84.1 Å². The van der Waals surface area contributed by atoms with Crippen LogP contribution in [0.4, 0.5) is 0 Å². The van der Waals surface area contributed by atoms with Crippen molar-refractivity contribution in [3.8, 4) is 5.75 Å². The van der Waals surface area contributed by atoms with Gasteiger partial charge in [0.2, 0.25) is 47.3 Å². The number of carbonyl (C=O) groups is 11. The number of rotatable bonds is 35. The number of H-pyrrole nitrogens is 1. The molecular formula is C61H83N13O14. The number of pyridine rings is 1. The Morgan fingerprint density at radius 3 is 2.06 bits per heavy atom. The maximum Gasteiger partial charge on any atom is 0.246 e. The number of benzene rings is 2. The van der Waals surface area contributed by atoms with E-state index in [1.54, 1.807) is 24.4 Å². The molecule has 4 aromatic rings. The van der Waals surface area contributed by atoms with E-state index in [4.69, 9.17) is 17.2 Å². The second-order valence-corrected chi connectivity index (χ2v) is 22.6. The maximum absolute atomic E-state index is 14.3. The molecule has 3 heterocycles. The smallest absolute Gasteiger partial charge is 0.246 e. The minimum absolute atomic E-state index is 0.0400. The number of ketones is 3. The zero-order valence-electron chi connectivity index (χ0n) is 50.2. The van der Waals surface area contributed by atoms with Gasteiger partial charge in [-0.3, -0.25) is 62.7 Å². The first kappa shape index (κ1) is 69.7. The molecule has 2 aromatic carbocycles. The fourth-order valence-electron chi connectivity index (χ4n) is 10.4. The van der Waals surface area contributed by atoms with E-state index >= 15 is 0 Å². The Kier molecular flexibility index (Phi) is 26.7. The van der Waals surface area contributed by atoms with E-state index in [0.29, 0.717) is 24.2 Å². The molecule has 2 aromatic heterocycles. The number of aliphatic hydroxyl groups is 2. The standard InChI is InChI=1S/C61H83N13O14/c1-33(2)23-45(52(80)26-37(11-10-22-67-61(64)65-5)57(85)73-48(56(63)84)25-38-31-68-44-14-7-6-13-42(38)44)70-55(83)20-19-51(79)46(27-39-12-8-9-21-66-39)71-58(86)43(34(3)75)29-53(81)47(30-54(62)82)72-59(87)50-28-41(78)32-74(50)60(88)49(69-35(4)76)24-36-15-17-40(77)18-16-36/h6-9,12-18,21,31,33-34,37,41,43,45-50,68,75,77-78H,10-11,19-20,22-30,32H2,1-5H3,(H2,62,82)(H2,63,84)(H,69,76)(H,70,83)(H,71,86)(H,72,87)(H,73,85)(H3,64,65,67)/t34-,37-,41-,43+,45+,46+,47+,48+,49-,50+/m1/s1. The predicted octanol–water partition coefficient (Wildman–Crippen LogP) is -0.696. The lowest BCUT2D eigenvalue weighted by Crippen LogP contribution is -2.56. The van der Waals surface area contributed by atoms with Crippen molar-refractivity contribution in [1.82, 2.24) is 46.8 Å². The Morgan fingerprint density at radius 2 is 1.42 bits per heavy atom. The summed E-state index contributed by atoms with van der Waals surface area (Å²) in [6.45, 7) is 6.00. The number of likely N-dealkylation sites (tertiary alicyclic amines) is 1. The van der Waals surface area contributed by atoms with E-state index in [1.807, 2.05) is 38.1 Å². The second-order valence-electron chi connectivity index (χ2n) is 22.6. The van der Waals surface area contributed by atoms with Crippen LogP contribution in [-0.2, 0) is 72.0 Å². The second kappa shape index (κ2) is 33.7. The van der Waals surface area contributed by atoms with Crippen molar-refractivity contribution in [2.45, 2.75) is 153 Å². The first-order valence-electron chi connectivity index (χ1n) is 29.2. The summed E-state index contributed by atoms with van der Waals surface area (Å²) < 4.78 is 0. The number of aromatic nitrogens is 2. The third-order valence-corrected chi connectivity index (χ3v) is 15.1. The van der Waals surface area contributed by atoms with E-state index < -0.39 is 151 Å². The summed E-state index contributed by atoms with van der Waals surface area (Å²) in [5.41, 5.74) is 19.6. The molecule has 1 fully saturated rings. The number of nitrogens with zero attached hydrogens (tertiary/aromatic N) is 3. The summed E-state index contributed by atoms with van der Waals surface area (Å²) in [6, 6.07) is 10.1. The number of hydrogen-bond donors (Lipinski definition) is 13. The van der Waals surface area contributed by atoms with Gasteiger partial charge in [-0.15, -0.1) is 0 Å². The molecule has 27 heteroatoms. The number of nitrogens with one attached hydrogen (secondary N) is 7. The molecule has 16 N–H and O–H groups in total. The van der Waals surface area contributed by atoms with Gasteiger partial charge >= 0.3 is 0 Å². The number of phenolic OH excluding ortho intramolecular Hbond substituents is 1. The van der Waals surface area contributed by atoms with E-state index in [2.05, 4.69) is 46.9 Å². The molecule has 5 rings (SSSR count). The molecule has 0 spiro atoms.